The maximum Gasteiger partial charge on any atom is 0.325 e. The van der Waals surface area contributed by atoms with E-state index in [9.17, 15) is 14.4 Å². The average molecular weight is 371 g/mol. The first-order valence-electron chi connectivity index (χ1n) is 8.23. The first-order valence-corrected chi connectivity index (χ1v) is 8.61. The lowest BCUT2D eigenvalue weighted by Gasteiger charge is -2.22. The van der Waals surface area contributed by atoms with E-state index in [-0.39, 0.29) is 12.3 Å². The van der Waals surface area contributed by atoms with E-state index in [1.54, 1.807) is 37.3 Å². The Hall–Kier alpha value is -2.66. The van der Waals surface area contributed by atoms with Gasteiger partial charge in [0.25, 0.3) is 5.91 Å². The Morgan fingerprint density at radius 3 is 2.38 bits per heavy atom. The molecular formula is C20H19ClN2O3. The molecule has 2 aromatic carbocycles. The molecule has 1 aliphatic rings. The molecule has 1 aliphatic heterocycles. The highest BCUT2D eigenvalue weighted by Gasteiger charge is 2.49. The number of aryl methyl sites for hydroxylation is 2. The highest BCUT2D eigenvalue weighted by Crippen LogP contribution is 2.30. The fraction of sp³-hybridized carbons (Fsp3) is 0.250. The van der Waals surface area contributed by atoms with Crippen LogP contribution in [0.5, 0.6) is 0 Å². The number of rotatable bonds is 4. The third kappa shape index (κ3) is 3.10. The number of halogens is 1. The van der Waals surface area contributed by atoms with Gasteiger partial charge >= 0.3 is 6.03 Å². The van der Waals surface area contributed by atoms with Crippen LogP contribution in [0.4, 0.5) is 4.79 Å². The summed E-state index contributed by atoms with van der Waals surface area (Å²) in [6.07, 6.45) is 0. The predicted molar refractivity (Wildman–Crippen MR) is 99.3 cm³/mol. The fourth-order valence-corrected chi connectivity index (χ4v) is 3.30. The highest BCUT2D eigenvalue weighted by atomic mass is 35.5. The third-order valence-corrected chi connectivity index (χ3v) is 4.93. The van der Waals surface area contributed by atoms with Gasteiger partial charge in [0.15, 0.2) is 5.78 Å². The van der Waals surface area contributed by atoms with Crippen molar-refractivity contribution in [3.05, 3.63) is 69.7 Å². The number of imide groups is 1. The molecule has 0 saturated carbocycles. The molecule has 1 saturated heterocycles. The van der Waals surface area contributed by atoms with Crippen molar-refractivity contribution in [2.24, 2.45) is 0 Å². The molecule has 2 aromatic rings. The topological polar surface area (TPSA) is 66.5 Å². The molecule has 1 atom stereocenters. The summed E-state index contributed by atoms with van der Waals surface area (Å²) >= 11 is 5.89. The Bertz CT molecular complexity index is 908. The van der Waals surface area contributed by atoms with Gasteiger partial charge in [-0.2, -0.15) is 0 Å². The largest absolute Gasteiger partial charge is 0.325 e. The van der Waals surface area contributed by atoms with Gasteiger partial charge in [-0.3, -0.25) is 14.5 Å². The molecule has 1 heterocycles. The number of hydrogen-bond acceptors (Lipinski definition) is 3. The predicted octanol–water partition coefficient (Wildman–Crippen LogP) is 3.61. The van der Waals surface area contributed by atoms with Crippen molar-refractivity contribution >= 4 is 29.3 Å². The second-order valence-electron chi connectivity index (χ2n) is 6.69. The summed E-state index contributed by atoms with van der Waals surface area (Å²) in [5, 5.41) is 3.23. The van der Waals surface area contributed by atoms with E-state index in [1.807, 2.05) is 26.0 Å². The number of nitrogens with zero attached hydrogens (tertiary/aromatic N) is 1. The summed E-state index contributed by atoms with van der Waals surface area (Å²) in [6, 6.07) is 11.6. The van der Waals surface area contributed by atoms with Crippen LogP contribution >= 0.6 is 11.6 Å². The SMILES string of the molecule is Cc1ccc(C(=O)CN2C(=O)N[C@@](C)(c3ccc(Cl)cc3)C2=O)c(C)c1. The second kappa shape index (κ2) is 6.57. The standard InChI is InChI=1S/C20H19ClN2O3/c1-12-4-9-16(13(2)10-12)17(24)11-23-18(25)20(3,22-19(23)26)14-5-7-15(21)8-6-14/h4-10H,11H2,1-3H3,(H,22,26)/t20-/m0/s1. The molecule has 1 fully saturated rings. The van der Waals surface area contributed by atoms with Crippen molar-refractivity contribution in [3.63, 3.8) is 0 Å². The molecule has 0 aromatic heterocycles. The number of ketones is 1. The molecule has 5 nitrogen and oxygen atoms in total. The number of nitrogens with one attached hydrogen (secondary N) is 1. The number of benzene rings is 2. The maximum absolute atomic E-state index is 12.9. The van der Waals surface area contributed by atoms with E-state index in [0.717, 1.165) is 16.0 Å². The molecule has 0 unspecified atom stereocenters. The van der Waals surface area contributed by atoms with E-state index in [2.05, 4.69) is 5.32 Å². The highest BCUT2D eigenvalue weighted by molar-refractivity contribution is 6.30. The zero-order valence-corrected chi connectivity index (χ0v) is 15.6. The first kappa shape index (κ1) is 18.1. The molecule has 0 bridgehead atoms. The molecule has 0 radical (unpaired) electrons. The van der Waals surface area contributed by atoms with Gasteiger partial charge in [-0.15, -0.1) is 0 Å². The second-order valence-corrected chi connectivity index (χ2v) is 7.13. The molecule has 0 aliphatic carbocycles. The number of urea groups is 1. The Morgan fingerprint density at radius 2 is 1.77 bits per heavy atom. The Morgan fingerprint density at radius 1 is 1.12 bits per heavy atom. The van der Waals surface area contributed by atoms with E-state index < -0.39 is 17.5 Å². The minimum absolute atomic E-state index is 0.272. The molecule has 26 heavy (non-hydrogen) atoms. The van der Waals surface area contributed by atoms with Crippen LogP contribution in [0.2, 0.25) is 5.02 Å². The normalized spacial score (nSPS) is 19.6. The van der Waals surface area contributed by atoms with E-state index >= 15 is 0 Å². The van der Waals surface area contributed by atoms with Gasteiger partial charge in [0.05, 0.1) is 6.54 Å². The zero-order chi connectivity index (χ0) is 19.1. The quantitative estimate of drug-likeness (QED) is 0.660. The molecule has 134 valence electrons. The van der Waals surface area contributed by atoms with E-state index in [1.165, 1.54) is 0 Å². The lowest BCUT2D eigenvalue weighted by atomic mass is 9.92. The summed E-state index contributed by atoms with van der Waals surface area (Å²) in [5.41, 5.74) is 1.77. The van der Waals surface area contributed by atoms with Crippen molar-refractivity contribution in [1.29, 1.82) is 0 Å². The van der Waals surface area contributed by atoms with Crippen molar-refractivity contribution < 1.29 is 14.4 Å². The van der Waals surface area contributed by atoms with Crippen molar-refractivity contribution in [1.82, 2.24) is 10.2 Å². The van der Waals surface area contributed by atoms with Gasteiger partial charge in [-0.05, 0) is 44.0 Å². The molecule has 3 rings (SSSR count). The Labute approximate surface area is 156 Å². The van der Waals surface area contributed by atoms with E-state index in [4.69, 9.17) is 11.6 Å². The van der Waals surface area contributed by atoms with Crippen molar-refractivity contribution in [3.8, 4) is 0 Å². The zero-order valence-electron chi connectivity index (χ0n) is 14.8. The number of amides is 3. The van der Waals surface area contributed by atoms with Gasteiger partial charge in [0, 0.05) is 10.6 Å². The summed E-state index contributed by atoms with van der Waals surface area (Å²) in [7, 11) is 0. The van der Waals surface area contributed by atoms with Crippen LogP contribution in [-0.2, 0) is 10.3 Å². The van der Waals surface area contributed by atoms with Gasteiger partial charge in [0.1, 0.15) is 5.54 Å². The number of hydrogen-bond donors (Lipinski definition) is 1. The van der Waals surface area contributed by atoms with Crippen LogP contribution in [0, 0.1) is 13.8 Å². The first-order chi connectivity index (χ1) is 12.2. The van der Waals surface area contributed by atoms with Gasteiger partial charge in [-0.25, -0.2) is 4.79 Å². The minimum atomic E-state index is -1.22. The van der Waals surface area contributed by atoms with Crippen molar-refractivity contribution in [2.75, 3.05) is 6.54 Å². The van der Waals surface area contributed by atoms with E-state index in [0.29, 0.717) is 16.1 Å². The van der Waals surface area contributed by atoms with Gasteiger partial charge in [0.2, 0.25) is 0 Å². The van der Waals surface area contributed by atoms with Crippen LogP contribution in [0.25, 0.3) is 0 Å². The number of carbonyl (C=O) groups is 3. The Balaban J connectivity index is 1.85. The molecule has 1 N–H and O–H groups in total. The van der Waals surface area contributed by atoms with Crippen LogP contribution in [-0.4, -0.2) is 29.2 Å². The monoisotopic (exact) mass is 370 g/mol. The summed E-state index contributed by atoms with van der Waals surface area (Å²) in [4.78, 5) is 38.8. The summed E-state index contributed by atoms with van der Waals surface area (Å²) < 4.78 is 0. The van der Waals surface area contributed by atoms with Gasteiger partial charge in [-0.1, -0.05) is 47.5 Å². The lowest BCUT2D eigenvalue weighted by Crippen LogP contribution is -2.41. The fourth-order valence-electron chi connectivity index (χ4n) is 3.17. The van der Waals surface area contributed by atoms with Crippen molar-refractivity contribution in [2.45, 2.75) is 26.3 Å². The number of carbonyl (C=O) groups excluding carboxylic acids is 3. The van der Waals surface area contributed by atoms with Gasteiger partial charge < -0.3 is 5.32 Å². The molecular weight excluding hydrogens is 352 g/mol. The lowest BCUT2D eigenvalue weighted by molar-refractivity contribution is -0.130. The third-order valence-electron chi connectivity index (χ3n) is 4.68. The van der Waals surface area contributed by atoms with Crippen LogP contribution in [0.3, 0.4) is 0 Å². The molecule has 3 amide bonds. The summed E-state index contributed by atoms with van der Waals surface area (Å²) in [6.45, 7) is 5.11. The number of Topliss-reactive ketones (excluding diaryl/α,β-unsaturated/α-hetero) is 1. The van der Waals surface area contributed by atoms with Crippen LogP contribution in [0.1, 0.15) is 34.0 Å². The molecule has 0 spiro atoms. The van der Waals surface area contributed by atoms with Crippen LogP contribution < -0.4 is 5.32 Å². The molecule has 6 heteroatoms. The minimum Gasteiger partial charge on any atom is -0.319 e. The Kier molecular flexibility index (Phi) is 4.59. The summed E-state index contributed by atoms with van der Waals surface area (Å²) in [5.74, 6) is -0.728. The smallest absolute Gasteiger partial charge is 0.319 e. The van der Waals surface area contributed by atoms with Crippen LogP contribution in [0.15, 0.2) is 42.5 Å². The average Bonchev–Trinajstić information content (AvgIpc) is 2.79. The maximum atomic E-state index is 12.9.